The van der Waals surface area contributed by atoms with Crippen molar-refractivity contribution < 1.29 is 4.79 Å². The maximum Gasteiger partial charge on any atom is 0.262 e. The fourth-order valence-corrected chi connectivity index (χ4v) is 4.87. The van der Waals surface area contributed by atoms with E-state index >= 15 is 0 Å². The molecule has 3 aromatic rings. The van der Waals surface area contributed by atoms with Crippen LogP contribution in [0.3, 0.4) is 0 Å². The van der Waals surface area contributed by atoms with Crippen molar-refractivity contribution in [1.82, 2.24) is 9.55 Å². The Labute approximate surface area is 153 Å². The summed E-state index contributed by atoms with van der Waals surface area (Å²) >= 11 is 2.83. The molecule has 1 aromatic carbocycles. The lowest BCUT2D eigenvalue weighted by Crippen LogP contribution is -2.30. The monoisotopic (exact) mass is 371 g/mol. The summed E-state index contributed by atoms with van der Waals surface area (Å²) in [5.41, 5.74) is 2.15. The summed E-state index contributed by atoms with van der Waals surface area (Å²) in [6.45, 7) is 2.68. The molecule has 0 saturated heterocycles. The molecule has 0 bridgehead atoms. The SMILES string of the molecule is Cc1cc2c(=O)n(C)c(SCC(=O)N3CCc4ccccc43)nc2s1. The summed E-state index contributed by atoms with van der Waals surface area (Å²) in [7, 11) is 1.71. The predicted octanol–water partition coefficient (Wildman–Crippen LogP) is 2.98. The third-order valence-corrected chi connectivity index (χ3v) is 6.33. The zero-order valence-electron chi connectivity index (χ0n) is 14.0. The van der Waals surface area contributed by atoms with Gasteiger partial charge in [-0.1, -0.05) is 30.0 Å². The molecule has 7 heteroatoms. The second-order valence-electron chi connectivity index (χ2n) is 6.05. The van der Waals surface area contributed by atoms with Gasteiger partial charge in [-0.15, -0.1) is 11.3 Å². The number of aryl methyl sites for hydroxylation is 1. The smallest absolute Gasteiger partial charge is 0.262 e. The molecule has 0 fully saturated rings. The topological polar surface area (TPSA) is 55.2 Å². The first-order valence-corrected chi connectivity index (χ1v) is 9.83. The molecule has 0 aliphatic carbocycles. The minimum absolute atomic E-state index is 0.0478. The maximum atomic E-state index is 12.6. The van der Waals surface area contributed by atoms with E-state index in [9.17, 15) is 9.59 Å². The molecule has 0 saturated carbocycles. The highest BCUT2D eigenvalue weighted by Gasteiger charge is 2.24. The van der Waals surface area contributed by atoms with Crippen molar-refractivity contribution in [2.75, 3.05) is 17.2 Å². The van der Waals surface area contributed by atoms with Gasteiger partial charge in [-0.2, -0.15) is 0 Å². The van der Waals surface area contributed by atoms with Crippen LogP contribution in [0.1, 0.15) is 10.4 Å². The van der Waals surface area contributed by atoms with Crippen molar-refractivity contribution >= 4 is 44.9 Å². The Morgan fingerprint density at radius 2 is 2.16 bits per heavy atom. The van der Waals surface area contributed by atoms with E-state index < -0.39 is 0 Å². The third kappa shape index (κ3) is 2.87. The number of anilines is 1. The van der Waals surface area contributed by atoms with Gasteiger partial charge < -0.3 is 4.90 Å². The van der Waals surface area contributed by atoms with Crippen molar-refractivity contribution in [2.24, 2.45) is 7.05 Å². The van der Waals surface area contributed by atoms with Crippen LogP contribution in [0.15, 0.2) is 40.3 Å². The first-order valence-electron chi connectivity index (χ1n) is 8.03. The molecular weight excluding hydrogens is 354 g/mol. The number of benzene rings is 1. The molecule has 1 aliphatic heterocycles. The first kappa shape index (κ1) is 16.4. The van der Waals surface area contributed by atoms with Crippen LogP contribution in [0.25, 0.3) is 10.2 Å². The number of amides is 1. The molecule has 25 heavy (non-hydrogen) atoms. The second-order valence-corrected chi connectivity index (χ2v) is 8.22. The van der Waals surface area contributed by atoms with E-state index in [-0.39, 0.29) is 17.2 Å². The van der Waals surface area contributed by atoms with Crippen LogP contribution in [0.2, 0.25) is 0 Å². The van der Waals surface area contributed by atoms with Crippen molar-refractivity contribution in [3.05, 3.63) is 51.1 Å². The van der Waals surface area contributed by atoms with Gasteiger partial charge in [-0.3, -0.25) is 14.2 Å². The van der Waals surface area contributed by atoms with Gasteiger partial charge in [0.2, 0.25) is 5.91 Å². The van der Waals surface area contributed by atoms with E-state index in [0.717, 1.165) is 21.8 Å². The summed E-state index contributed by atoms with van der Waals surface area (Å²) in [4.78, 5) is 33.3. The van der Waals surface area contributed by atoms with Crippen LogP contribution < -0.4 is 10.5 Å². The van der Waals surface area contributed by atoms with E-state index in [1.807, 2.05) is 36.1 Å². The summed E-state index contributed by atoms with van der Waals surface area (Å²) in [5, 5.41) is 1.23. The number of hydrogen-bond acceptors (Lipinski definition) is 5. The minimum Gasteiger partial charge on any atom is -0.311 e. The van der Waals surface area contributed by atoms with E-state index in [2.05, 4.69) is 11.1 Å². The van der Waals surface area contributed by atoms with Gasteiger partial charge in [0.05, 0.1) is 11.1 Å². The summed E-state index contributed by atoms with van der Waals surface area (Å²) in [6.07, 6.45) is 0.893. The van der Waals surface area contributed by atoms with Crippen LogP contribution in [0, 0.1) is 6.92 Å². The van der Waals surface area contributed by atoms with E-state index in [4.69, 9.17) is 0 Å². The number of carbonyl (C=O) groups excluding carboxylic acids is 1. The van der Waals surface area contributed by atoms with E-state index in [1.165, 1.54) is 33.2 Å². The van der Waals surface area contributed by atoms with E-state index in [1.54, 1.807) is 7.05 Å². The molecular formula is C18H17N3O2S2. The largest absolute Gasteiger partial charge is 0.311 e. The zero-order chi connectivity index (χ0) is 17.6. The van der Waals surface area contributed by atoms with Gasteiger partial charge in [-0.05, 0) is 31.0 Å². The van der Waals surface area contributed by atoms with Crippen molar-refractivity contribution in [1.29, 1.82) is 0 Å². The minimum atomic E-state index is -0.0594. The lowest BCUT2D eigenvalue weighted by Gasteiger charge is -2.17. The van der Waals surface area contributed by atoms with Crippen LogP contribution in [-0.4, -0.2) is 27.8 Å². The highest BCUT2D eigenvalue weighted by atomic mass is 32.2. The molecule has 0 radical (unpaired) electrons. The summed E-state index contributed by atoms with van der Waals surface area (Å²) < 4.78 is 1.53. The average Bonchev–Trinajstić information content (AvgIpc) is 3.19. The number of thioether (sulfide) groups is 1. The number of nitrogens with zero attached hydrogens (tertiary/aromatic N) is 3. The Balaban J connectivity index is 1.56. The number of thiophene rings is 1. The Bertz CT molecular complexity index is 1040. The molecule has 1 aliphatic rings. The maximum absolute atomic E-state index is 12.6. The van der Waals surface area contributed by atoms with Crippen LogP contribution in [-0.2, 0) is 18.3 Å². The molecule has 1 amide bonds. The van der Waals surface area contributed by atoms with Crippen LogP contribution in [0.5, 0.6) is 0 Å². The normalized spacial score (nSPS) is 13.4. The Hall–Kier alpha value is -2.12. The molecule has 2 aromatic heterocycles. The number of hydrogen-bond donors (Lipinski definition) is 0. The highest BCUT2D eigenvalue weighted by molar-refractivity contribution is 7.99. The Morgan fingerprint density at radius 1 is 1.36 bits per heavy atom. The lowest BCUT2D eigenvalue weighted by atomic mass is 10.2. The number of para-hydroxylation sites is 1. The summed E-state index contributed by atoms with van der Waals surface area (Å²) in [5.74, 6) is 0.316. The van der Waals surface area contributed by atoms with Gasteiger partial charge in [0.1, 0.15) is 4.83 Å². The zero-order valence-corrected chi connectivity index (χ0v) is 15.6. The third-order valence-electron chi connectivity index (χ3n) is 4.37. The molecule has 4 rings (SSSR count). The average molecular weight is 371 g/mol. The van der Waals surface area contributed by atoms with Crippen molar-refractivity contribution in [3.8, 4) is 0 Å². The number of rotatable bonds is 3. The standard InChI is InChI=1S/C18H17N3O2S2/c1-11-9-13-16(25-11)19-18(20(2)17(13)23)24-10-15(22)21-8-7-12-5-3-4-6-14(12)21/h3-6,9H,7-8,10H2,1-2H3. The second kappa shape index (κ2) is 6.31. The first-order chi connectivity index (χ1) is 12.0. The van der Waals surface area contributed by atoms with Crippen LogP contribution >= 0.6 is 23.1 Å². The van der Waals surface area contributed by atoms with E-state index in [0.29, 0.717) is 17.1 Å². The van der Waals surface area contributed by atoms with Crippen molar-refractivity contribution in [3.63, 3.8) is 0 Å². The van der Waals surface area contributed by atoms with Gasteiger partial charge in [0.15, 0.2) is 5.16 Å². The van der Waals surface area contributed by atoms with Gasteiger partial charge in [0, 0.05) is 24.2 Å². The molecule has 0 N–H and O–H groups in total. The van der Waals surface area contributed by atoms with Crippen LogP contribution in [0.4, 0.5) is 5.69 Å². The molecule has 5 nitrogen and oxygen atoms in total. The van der Waals surface area contributed by atoms with Gasteiger partial charge >= 0.3 is 0 Å². The Morgan fingerprint density at radius 3 is 3.00 bits per heavy atom. The molecule has 0 spiro atoms. The number of carbonyl (C=O) groups is 1. The quantitative estimate of drug-likeness (QED) is 0.525. The molecule has 3 heterocycles. The Kier molecular flexibility index (Phi) is 4.13. The number of fused-ring (bicyclic) bond motifs is 2. The lowest BCUT2D eigenvalue weighted by molar-refractivity contribution is -0.116. The highest BCUT2D eigenvalue weighted by Crippen LogP contribution is 2.29. The molecule has 0 unspecified atom stereocenters. The number of aromatic nitrogens is 2. The fourth-order valence-electron chi connectivity index (χ4n) is 3.10. The molecule has 0 atom stereocenters. The fraction of sp³-hybridized carbons (Fsp3) is 0.278. The van der Waals surface area contributed by atoms with Gasteiger partial charge in [-0.25, -0.2) is 4.98 Å². The van der Waals surface area contributed by atoms with Gasteiger partial charge in [0.25, 0.3) is 5.56 Å². The summed E-state index contributed by atoms with van der Waals surface area (Å²) in [6, 6.07) is 9.87. The molecule has 128 valence electrons. The van der Waals surface area contributed by atoms with Crippen molar-refractivity contribution in [2.45, 2.75) is 18.5 Å². The predicted molar refractivity (Wildman–Crippen MR) is 103 cm³/mol.